The first-order valence-electron chi connectivity index (χ1n) is 12.3. The maximum atomic E-state index is 13.7. The molecule has 1 aliphatic heterocycles. The highest BCUT2D eigenvalue weighted by Gasteiger charge is 2.33. The quantitative estimate of drug-likeness (QED) is 0.391. The van der Waals surface area contributed by atoms with E-state index in [9.17, 15) is 23.3 Å². The van der Waals surface area contributed by atoms with Crippen molar-refractivity contribution >= 4 is 32.8 Å². The number of nitrogens with one attached hydrogen (secondary N) is 2. The number of rotatable bonds is 10. The number of piperidine rings is 1. The zero-order chi connectivity index (χ0) is 26.4. The number of aromatic amines is 1. The van der Waals surface area contributed by atoms with Crippen LogP contribution < -0.4 is 4.72 Å². The summed E-state index contributed by atoms with van der Waals surface area (Å²) in [6, 6.07) is 11.1. The van der Waals surface area contributed by atoms with Crippen molar-refractivity contribution in [1.82, 2.24) is 19.2 Å². The first kappa shape index (κ1) is 26.4. The summed E-state index contributed by atoms with van der Waals surface area (Å²) < 4.78 is 36.1. The van der Waals surface area contributed by atoms with Crippen molar-refractivity contribution < 1.29 is 22.7 Å². The number of ether oxygens (including phenoxy) is 1. The molecule has 1 saturated heterocycles. The summed E-state index contributed by atoms with van der Waals surface area (Å²) in [5.74, 6) is -0.455. The average Bonchev–Trinajstić information content (AvgIpc) is 3.58. The highest BCUT2D eigenvalue weighted by Crippen LogP contribution is 2.25. The van der Waals surface area contributed by atoms with E-state index in [0.717, 1.165) is 12.8 Å². The van der Waals surface area contributed by atoms with Crippen molar-refractivity contribution in [3.05, 3.63) is 54.5 Å². The van der Waals surface area contributed by atoms with Crippen LogP contribution in [-0.2, 0) is 30.9 Å². The third-order valence-corrected chi connectivity index (χ3v) is 8.39. The van der Waals surface area contributed by atoms with Gasteiger partial charge in [-0.1, -0.05) is 6.07 Å². The third kappa shape index (κ3) is 6.21. The second kappa shape index (κ2) is 11.6. The van der Waals surface area contributed by atoms with Crippen LogP contribution in [0.1, 0.15) is 37.8 Å². The van der Waals surface area contributed by atoms with Gasteiger partial charge >= 0.3 is 5.97 Å². The molecule has 1 amide bonds. The monoisotopic (exact) mass is 525 g/mol. The highest BCUT2D eigenvalue weighted by atomic mass is 32.2. The zero-order valence-electron chi connectivity index (χ0n) is 20.7. The summed E-state index contributed by atoms with van der Waals surface area (Å²) in [5, 5.41) is 9.89. The molecule has 1 aliphatic rings. The Balaban J connectivity index is 1.55. The minimum atomic E-state index is -4.04. The Morgan fingerprint density at radius 3 is 2.89 bits per heavy atom. The van der Waals surface area contributed by atoms with Crippen LogP contribution in [0.25, 0.3) is 10.9 Å². The second-order valence-electron chi connectivity index (χ2n) is 9.26. The van der Waals surface area contributed by atoms with Crippen molar-refractivity contribution in [1.29, 1.82) is 5.26 Å². The van der Waals surface area contributed by atoms with E-state index in [1.165, 1.54) is 13.2 Å². The van der Waals surface area contributed by atoms with E-state index in [2.05, 4.69) is 15.8 Å². The molecule has 2 unspecified atom stereocenters. The number of carbonyl (C=O) groups is 2. The number of hydrogen-bond donors (Lipinski definition) is 2. The number of nitriles is 1. The minimum Gasteiger partial charge on any atom is -0.469 e. The van der Waals surface area contributed by atoms with Crippen LogP contribution in [0.5, 0.6) is 0 Å². The molecule has 11 heteroatoms. The van der Waals surface area contributed by atoms with Gasteiger partial charge < -0.3 is 19.2 Å². The third-order valence-electron chi connectivity index (χ3n) is 6.86. The smallest absolute Gasteiger partial charge is 0.305 e. The normalized spacial score (nSPS) is 16.9. The fraction of sp³-hybridized carbons (Fsp3) is 0.423. The first-order valence-corrected chi connectivity index (χ1v) is 13.8. The standard InChI is InChI=1S/C26H31N5O5S/c1-36-25(32)10-9-19-5-3-15-31(18-19)26(33)23(12-16-30-14-4-6-20(30)17-27)29-37(34,35)24-8-2-7-22-21(24)11-13-28-22/h2,4,6-8,11,13-14,19,23,28-29H,3,5,9-10,12,15-16,18H2,1H3. The van der Waals surface area contributed by atoms with E-state index >= 15 is 0 Å². The van der Waals surface area contributed by atoms with Gasteiger partial charge in [0.1, 0.15) is 17.8 Å². The SMILES string of the molecule is COC(=O)CCC1CCCN(C(=O)C(CCn2cccc2C#N)NS(=O)(=O)c2cccc3[nH]ccc23)C1. The maximum absolute atomic E-state index is 13.7. The Morgan fingerprint density at radius 2 is 2.11 bits per heavy atom. The topological polar surface area (TPSA) is 137 Å². The molecule has 0 spiro atoms. The number of hydrogen-bond acceptors (Lipinski definition) is 6. The summed E-state index contributed by atoms with van der Waals surface area (Å²) >= 11 is 0. The lowest BCUT2D eigenvalue weighted by molar-refractivity contribution is -0.141. The van der Waals surface area contributed by atoms with E-state index in [4.69, 9.17) is 4.74 Å². The molecular formula is C26H31N5O5S. The Kier molecular flexibility index (Phi) is 8.31. The molecule has 3 aromatic rings. The fourth-order valence-electron chi connectivity index (χ4n) is 4.90. The predicted molar refractivity (Wildman–Crippen MR) is 137 cm³/mol. The van der Waals surface area contributed by atoms with Crippen LogP contribution in [0.15, 0.2) is 53.7 Å². The van der Waals surface area contributed by atoms with Gasteiger partial charge in [0, 0.05) is 49.4 Å². The number of H-pyrrole nitrogens is 1. The van der Waals surface area contributed by atoms with Crippen molar-refractivity contribution in [2.24, 2.45) is 5.92 Å². The molecule has 0 radical (unpaired) electrons. The van der Waals surface area contributed by atoms with E-state index in [1.54, 1.807) is 52.2 Å². The zero-order valence-corrected chi connectivity index (χ0v) is 21.5. The summed E-state index contributed by atoms with van der Waals surface area (Å²) in [4.78, 5) is 30.1. The van der Waals surface area contributed by atoms with Crippen molar-refractivity contribution in [3.63, 3.8) is 0 Å². The molecule has 10 nitrogen and oxygen atoms in total. The fourth-order valence-corrected chi connectivity index (χ4v) is 6.34. The number of amides is 1. The average molecular weight is 526 g/mol. The number of aromatic nitrogens is 2. The highest BCUT2D eigenvalue weighted by molar-refractivity contribution is 7.89. The summed E-state index contributed by atoms with van der Waals surface area (Å²) in [6.07, 6.45) is 6.13. The van der Waals surface area contributed by atoms with E-state index < -0.39 is 16.1 Å². The largest absolute Gasteiger partial charge is 0.469 e. The molecule has 196 valence electrons. The summed E-state index contributed by atoms with van der Waals surface area (Å²) in [7, 11) is -2.68. The van der Waals surface area contributed by atoms with Crippen LogP contribution in [0, 0.1) is 17.2 Å². The van der Waals surface area contributed by atoms with Gasteiger partial charge in [-0.25, -0.2) is 8.42 Å². The number of nitrogens with zero attached hydrogens (tertiary/aromatic N) is 3. The molecule has 2 aromatic heterocycles. The lowest BCUT2D eigenvalue weighted by atomic mass is 9.93. The first-order chi connectivity index (χ1) is 17.8. The number of fused-ring (bicyclic) bond motifs is 1. The number of benzene rings is 1. The maximum Gasteiger partial charge on any atom is 0.305 e. The number of methoxy groups -OCH3 is 1. The summed E-state index contributed by atoms with van der Waals surface area (Å²) in [5.41, 5.74) is 1.12. The molecule has 0 aliphatic carbocycles. The van der Waals surface area contributed by atoms with Crippen LogP contribution in [0.4, 0.5) is 0 Å². The predicted octanol–water partition coefficient (Wildman–Crippen LogP) is 2.77. The van der Waals surface area contributed by atoms with Crippen LogP contribution in [0.3, 0.4) is 0 Å². The molecule has 2 N–H and O–H groups in total. The van der Waals surface area contributed by atoms with Crippen molar-refractivity contribution in [2.75, 3.05) is 20.2 Å². The van der Waals surface area contributed by atoms with Gasteiger partial charge in [0.15, 0.2) is 0 Å². The lowest BCUT2D eigenvalue weighted by Gasteiger charge is -2.35. The van der Waals surface area contributed by atoms with Gasteiger partial charge in [0.25, 0.3) is 0 Å². The lowest BCUT2D eigenvalue weighted by Crippen LogP contribution is -2.51. The number of likely N-dealkylation sites (tertiary alicyclic amines) is 1. The van der Waals surface area contributed by atoms with Crippen LogP contribution in [0.2, 0.25) is 0 Å². The molecule has 2 atom stereocenters. The Hall–Kier alpha value is -3.62. The molecule has 37 heavy (non-hydrogen) atoms. The van der Waals surface area contributed by atoms with Gasteiger partial charge in [0.2, 0.25) is 15.9 Å². The molecule has 1 aromatic carbocycles. The van der Waals surface area contributed by atoms with E-state index in [-0.39, 0.29) is 35.5 Å². The number of carbonyl (C=O) groups excluding carboxylic acids is 2. The minimum absolute atomic E-state index is 0.0947. The number of sulfonamides is 1. The van der Waals surface area contributed by atoms with Crippen LogP contribution >= 0.6 is 0 Å². The van der Waals surface area contributed by atoms with E-state index in [0.29, 0.717) is 42.7 Å². The molecule has 1 fully saturated rings. The van der Waals surface area contributed by atoms with Gasteiger partial charge in [-0.05, 0) is 61.9 Å². The van der Waals surface area contributed by atoms with Crippen molar-refractivity contribution in [3.8, 4) is 6.07 Å². The van der Waals surface area contributed by atoms with Gasteiger partial charge in [0.05, 0.1) is 12.0 Å². The summed E-state index contributed by atoms with van der Waals surface area (Å²) in [6.45, 7) is 1.27. The second-order valence-corrected chi connectivity index (χ2v) is 10.9. The van der Waals surface area contributed by atoms with E-state index in [1.807, 2.05) is 0 Å². The van der Waals surface area contributed by atoms with Crippen molar-refractivity contribution in [2.45, 2.75) is 49.6 Å². The van der Waals surface area contributed by atoms with Gasteiger partial charge in [-0.2, -0.15) is 9.98 Å². The Labute approximate surface area is 216 Å². The van der Waals surface area contributed by atoms with Gasteiger partial charge in [-0.15, -0.1) is 0 Å². The molecule has 4 rings (SSSR count). The van der Waals surface area contributed by atoms with Crippen LogP contribution in [-0.4, -0.2) is 61.0 Å². The molecule has 0 saturated carbocycles. The number of esters is 1. The van der Waals surface area contributed by atoms with Gasteiger partial charge in [-0.3, -0.25) is 9.59 Å². The molecule has 0 bridgehead atoms. The molecule has 3 heterocycles. The Bertz CT molecular complexity index is 1400. The number of aryl methyl sites for hydroxylation is 1. The Morgan fingerprint density at radius 1 is 1.27 bits per heavy atom. The molecular weight excluding hydrogens is 494 g/mol.